The van der Waals surface area contributed by atoms with Crippen LogP contribution >= 0.6 is 12.4 Å². The van der Waals surface area contributed by atoms with E-state index in [0.717, 1.165) is 11.1 Å². The molecule has 0 heterocycles. The molecule has 106 valence electrons. The minimum atomic E-state index is -0.579. The molecule has 5 heteroatoms. The van der Waals surface area contributed by atoms with E-state index in [1.807, 2.05) is 30.3 Å². The molecule has 2 rings (SSSR count). The zero-order chi connectivity index (χ0) is 13.7. The molecule has 20 heavy (non-hydrogen) atoms. The highest BCUT2D eigenvalue weighted by atomic mass is 35.5. The number of hydrogen-bond donors (Lipinski definition) is 2. The van der Waals surface area contributed by atoms with Gasteiger partial charge in [0.2, 0.25) is 5.91 Å². The van der Waals surface area contributed by atoms with Gasteiger partial charge in [0.1, 0.15) is 11.9 Å². The smallest absolute Gasteiger partial charge is 0.239 e. The predicted molar refractivity (Wildman–Crippen MR) is 78.9 cm³/mol. The number of benzene rings is 2. The van der Waals surface area contributed by atoms with Crippen LogP contribution in [0.15, 0.2) is 54.6 Å². The number of rotatable bonds is 5. The largest absolute Gasteiger partial charge is 0.368 e. The lowest BCUT2D eigenvalue weighted by atomic mass is 10.1. The molecule has 0 saturated heterocycles. The summed E-state index contributed by atoms with van der Waals surface area (Å²) in [5.41, 5.74) is 6.95. The molecule has 0 aromatic heterocycles. The Morgan fingerprint density at radius 1 is 1.15 bits per heavy atom. The van der Waals surface area contributed by atoms with E-state index in [0.29, 0.717) is 6.54 Å². The summed E-state index contributed by atoms with van der Waals surface area (Å²) in [4.78, 5) is 11.5. The van der Waals surface area contributed by atoms with Crippen LogP contribution in [-0.4, -0.2) is 5.91 Å². The Kier molecular flexibility index (Phi) is 6.15. The first kappa shape index (κ1) is 16.1. The SMILES string of the molecule is Cl.NC(=O)C(NCc1cccc(F)c1)c1ccccc1. The normalized spacial score (nSPS) is 11.4. The molecule has 0 aliphatic carbocycles. The van der Waals surface area contributed by atoms with E-state index in [1.165, 1.54) is 12.1 Å². The van der Waals surface area contributed by atoms with Gasteiger partial charge in [-0.2, -0.15) is 0 Å². The van der Waals surface area contributed by atoms with Crippen molar-refractivity contribution in [2.45, 2.75) is 12.6 Å². The summed E-state index contributed by atoms with van der Waals surface area (Å²) < 4.78 is 13.1. The maximum atomic E-state index is 13.1. The van der Waals surface area contributed by atoms with Crippen LogP contribution in [-0.2, 0) is 11.3 Å². The van der Waals surface area contributed by atoms with Crippen molar-refractivity contribution >= 4 is 18.3 Å². The van der Waals surface area contributed by atoms with Crippen molar-refractivity contribution in [3.8, 4) is 0 Å². The van der Waals surface area contributed by atoms with Gasteiger partial charge in [-0.15, -0.1) is 12.4 Å². The lowest BCUT2D eigenvalue weighted by Gasteiger charge is -2.15. The van der Waals surface area contributed by atoms with E-state index in [2.05, 4.69) is 5.32 Å². The molecule has 0 radical (unpaired) electrons. The van der Waals surface area contributed by atoms with Crippen molar-refractivity contribution < 1.29 is 9.18 Å². The maximum absolute atomic E-state index is 13.1. The minimum Gasteiger partial charge on any atom is -0.368 e. The molecule has 3 N–H and O–H groups in total. The Morgan fingerprint density at radius 2 is 1.85 bits per heavy atom. The van der Waals surface area contributed by atoms with Crippen LogP contribution in [0, 0.1) is 5.82 Å². The van der Waals surface area contributed by atoms with Crippen molar-refractivity contribution in [2.24, 2.45) is 5.73 Å². The summed E-state index contributed by atoms with van der Waals surface area (Å²) in [6.07, 6.45) is 0. The zero-order valence-electron chi connectivity index (χ0n) is 10.8. The summed E-state index contributed by atoms with van der Waals surface area (Å²) in [6.45, 7) is 0.375. The average Bonchev–Trinajstić information content (AvgIpc) is 2.40. The van der Waals surface area contributed by atoms with E-state index >= 15 is 0 Å². The van der Waals surface area contributed by atoms with Crippen LogP contribution < -0.4 is 11.1 Å². The minimum absolute atomic E-state index is 0. The molecule has 0 saturated carbocycles. The Labute approximate surface area is 123 Å². The quantitative estimate of drug-likeness (QED) is 0.890. The highest BCUT2D eigenvalue weighted by Crippen LogP contribution is 2.13. The lowest BCUT2D eigenvalue weighted by Crippen LogP contribution is -2.33. The molecule has 3 nitrogen and oxygen atoms in total. The van der Waals surface area contributed by atoms with Crippen molar-refractivity contribution in [1.82, 2.24) is 5.32 Å². The van der Waals surface area contributed by atoms with Crippen molar-refractivity contribution in [2.75, 3.05) is 0 Å². The average molecular weight is 295 g/mol. The van der Waals surface area contributed by atoms with Gasteiger partial charge in [0.15, 0.2) is 0 Å². The summed E-state index contributed by atoms with van der Waals surface area (Å²) in [6, 6.07) is 14.9. The number of halogens is 2. The lowest BCUT2D eigenvalue weighted by molar-refractivity contribution is -0.120. The van der Waals surface area contributed by atoms with Crippen LogP contribution in [0.3, 0.4) is 0 Å². The fourth-order valence-electron chi connectivity index (χ4n) is 1.90. The van der Waals surface area contributed by atoms with Gasteiger partial charge in [0.25, 0.3) is 0 Å². The second-order valence-corrected chi connectivity index (χ2v) is 4.26. The number of carbonyl (C=O) groups is 1. The summed E-state index contributed by atoms with van der Waals surface area (Å²) >= 11 is 0. The molecule has 0 spiro atoms. The van der Waals surface area contributed by atoms with Crippen molar-refractivity contribution in [3.63, 3.8) is 0 Å². The number of hydrogen-bond acceptors (Lipinski definition) is 2. The molecular weight excluding hydrogens is 279 g/mol. The van der Waals surface area contributed by atoms with Gasteiger partial charge in [0, 0.05) is 6.54 Å². The summed E-state index contributed by atoms with van der Waals surface area (Å²) in [5.74, 6) is -0.753. The molecule has 2 aromatic carbocycles. The van der Waals surface area contributed by atoms with Crippen LogP contribution in [0.5, 0.6) is 0 Å². The first-order valence-corrected chi connectivity index (χ1v) is 5.99. The van der Waals surface area contributed by atoms with Crippen molar-refractivity contribution in [3.05, 3.63) is 71.5 Å². The zero-order valence-corrected chi connectivity index (χ0v) is 11.6. The third-order valence-corrected chi connectivity index (χ3v) is 2.82. The molecule has 0 aliphatic rings. The predicted octanol–water partition coefficient (Wildman–Crippen LogP) is 2.56. The van der Waals surface area contributed by atoms with Gasteiger partial charge in [-0.05, 0) is 23.3 Å². The van der Waals surface area contributed by atoms with Crippen LogP contribution in [0.4, 0.5) is 4.39 Å². The highest BCUT2D eigenvalue weighted by Gasteiger charge is 2.16. The molecule has 0 bridgehead atoms. The summed E-state index contributed by atoms with van der Waals surface area (Å²) in [5, 5.41) is 3.04. The summed E-state index contributed by atoms with van der Waals surface area (Å²) in [7, 11) is 0. The van der Waals surface area contributed by atoms with Gasteiger partial charge < -0.3 is 5.73 Å². The second-order valence-electron chi connectivity index (χ2n) is 4.26. The molecule has 2 aromatic rings. The Hall–Kier alpha value is -1.91. The van der Waals surface area contributed by atoms with Gasteiger partial charge in [-0.3, -0.25) is 10.1 Å². The van der Waals surface area contributed by atoms with E-state index < -0.39 is 11.9 Å². The molecular formula is C15H16ClFN2O. The van der Waals surface area contributed by atoms with Gasteiger partial charge in [-0.1, -0.05) is 42.5 Å². The van der Waals surface area contributed by atoms with Crippen molar-refractivity contribution in [1.29, 1.82) is 0 Å². The monoisotopic (exact) mass is 294 g/mol. The standard InChI is InChI=1S/C15H15FN2O.ClH/c16-13-8-4-5-11(9-13)10-18-14(15(17)19)12-6-2-1-3-7-12;/h1-9,14,18H,10H2,(H2,17,19);1H. The Bertz CT molecular complexity index is 563. The topological polar surface area (TPSA) is 55.1 Å². The first-order valence-electron chi connectivity index (χ1n) is 5.99. The number of amides is 1. The number of nitrogens with one attached hydrogen (secondary N) is 1. The maximum Gasteiger partial charge on any atom is 0.239 e. The molecule has 0 aliphatic heterocycles. The molecule has 1 amide bonds. The number of nitrogens with two attached hydrogens (primary N) is 1. The van der Waals surface area contributed by atoms with E-state index in [1.54, 1.807) is 12.1 Å². The van der Waals surface area contributed by atoms with Gasteiger partial charge >= 0.3 is 0 Å². The molecule has 1 atom stereocenters. The van der Waals surface area contributed by atoms with Crippen LogP contribution in [0.25, 0.3) is 0 Å². The number of carbonyl (C=O) groups excluding carboxylic acids is 1. The van der Waals surface area contributed by atoms with Gasteiger partial charge in [-0.25, -0.2) is 4.39 Å². The third-order valence-electron chi connectivity index (χ3n) is 2.82. The Morgan fingerprint density at radius 3 is 2.45 bits per heavy atom. The second kappa shape index (κ2) is 7.62. The fraction of sp³-hybridized carbons (Fsp3) is 0.133. The number of primary amides is 1. The fourth-order valence-corrected chi connectivity index (χ4v) is 1.90. The molecule has 0 fully saturated rings. The first-order chi connectivity index (χ1) is 9.16. The van der Waals surface area contributed by atoms with E-state index in [-0.39, 0.29) is 18.2 Å². The van der Waals surface area contributed by atoms with Crippen LogP contribution in [0.2, 0.25) is 0 Å². The highest BCUT2D eigenvalue weighted by molar-refractivity contribution is 5.85. The van der Waals surface area contributed by atoms with E-state index in [4.69, 9.17) is 5.73 Å². The Balaban J connectivity index is 0.00000200. The molecule has 1 unspecified atom stereocenters. The third kappa shape index (κ3) is 4.33. The van der Waals surface area contributed by atoms with Gasteiger partial charge in [0.05, 0.1) is 0 Å². The van der Waals surface area contributed by atoms with Crippen LogP contribution in [0.1, 0.15) is 17.2 Å². The van der Waals surface area contributed by atoms with E-state index in [9.17, 15) is 9.18 Å².